The fourth-order valence-corrected chi connectivity index (χ4v) is 5.73. The van der Waals surface area contributed by atoms with Gasteiger partial charge in [0.15, 0.2) is 5.82 Å². The van der Waals surface area contributed by atoms with Crippen LogP contribution in [-0.2, 0) is 0 Å². The molecule has 1 amide bonds. The van der Waals surface area contributed by atoms with Gasteiger partial charge in [-0.2, -0.15) is 0 Å². The van der Waals surface area contributed by atoms with Crippen LogP contribution in [0, 0.1) is 0 Å². The average molecular weight is 536 g/mol. The quantitative estimate of drug-likeness (QED) is 0.303. The van der Waals surface area contributed by atoms with Crippen molar-refractivity contribution in [2.24, 2.45) is 0 Å². The SMILES string of the molecule is CC(C)N1CCN(c2cc(C(=O)Nc3ccccc3-c3nc4ccncc4s3)nc(-c3ccccc3)n2)CC1. The zero-order chi connectivity index (χ0) is 26.8. The van der Waals surface area contributed by atoms with Gasteiger partial charge in [0.2, 0.25) is 0 Å². The molecule has 0 bridgehead atoms. The zero-order valence-corrected chi connectivity index (χ0v) is 22.7. The van der Waals surface area contributed by atoms with Gasteiger partial charge in [0.1, 0.15) is 16.5 Å². The minimum atomic E-state index is -0.285. The first-order chi connectivity index (χ1) is 19.0. The summed E-state index contributed by atoms with van der Waals surface area (Å²) in [5.41, 5.74) is 3.62. The van der Waals surface area contributed by atoms with Gasteiger partial charge in [-0.05, 0) is 32.0 Å². The van der Waals surface area contributed by atoms with E-state index >= 15 is 0 Å². The highest BCUT2D eigenvalue weighted by Gasteiger charge is 2.23. The number of rotatable bonds is 6. The molecule has 1 saturated heterocycles. The number of hydrogen-bond donors (Lipinski definition) is 1. The Morgan fingerprint density at radius 1 is 0.923 bits per heavy atom. The third kappa shape index (κ3) is 5.36. The number of carbonyl (C=O) groups excluding carboxylic acids is 1. The van der Waals surface area contributed by atoms with Crippen LogP contribution in [0.4, 0.5) is 11.5 Å². The predicted molar refractivity (Wildman–Crippen MR) is 157 cm³/mol. The first-order valence-corrected chi connectivity index (χ1v) is 13.9. The van der Waals surface area contributed by atoms with Crippen LogP contribution in [0.1, 0.15) is 24.3 Å². The second-order valence-electron chi connectivity index (χ2n) is 9.78. The van der Waals surface area contributed by atoms with Gasteiger partial charge in [-0.15, -0.1) is 11.3 Å². The molecule has 0 aliphatic carbocycles. The van der Waals surface area contributed by atoms with Crippen LogP contribution >= 0.6 is 11.3 Å². The largest absolute Gasteiger partial charge is 0.354 e. The highest BCUT2D eigenvalue weighted by molar-refractivity contribution is 7.21. The first kappa shape index (κ1) is 25.1. The predicted octanol–water partition coefficient (Wildman–Crippen LogP) is 5.60. The Hall–Kier alpha value is -4.21. The molecule has 1 aliphatic rings. The van der Waals surface area contributed by atoms with Crippen LogP contribution in [0.2, 0.25) is 0 Å². The monoisotopic (exact) mass is 535 g/mol. The summed E-state index contributed by atoms with van der Waals surface area (Å²) in [6.07, 6.45) is 3.55. The molecule has 8 nitrogen and oxygen atoms in total. The van der Waals surface area contributed by atoms with Gasteiger partial charge < -0.3 is 10.2 Å². The molecule has 0 spiro atoms. The van der Waals surface area contributed by atoms with Gasteiger partial charge in [0, 0.05) is 61.8 Å². The number of thiazole rings is 1. The van der Waals surface area contributed by atoms with Crippen LogP contribution in [0.25, 0.3) is 32.2 Å². The maximum absolute atomic E-state index is 13.7. The lowest BCUT2D eigenvalue weighted by Gasteiger charge is -2.37. The number of anilines is 2. The third-order valence-electron chi connectivity index (χ3n) is 6.94. The van der Waals surface area contributed by atoms with E-state index in [1.807, 2.05) is 66.9 Å². The highest BCUT2D eigenvalue weighted by atomic mass is 32.1. The summed E-state index contributed by atoms with van der Waals surface area (Å²) >= 11 is 1.55. The second kappa shape index (κ2) is 10.9. The van der Waals surface area contributed by atoms with Crippen molar-refractivity contribution < 1.29 is 4.79 Å². The number of carbonyl (C=O) groups is 1. The van der Waals surface area contributed by atoms with Gasteiger partial charge in [0.25, 0.3) is 5.91 Å². The van der Waals surface area contributed by atoms with E-state index in [4.69, 9.17) is 15.0 Å². The lowest BCUT2D eigenvalue weighted by atomic mass is 10.1. The van der Waals surface area contributed by atoms with Crippen molar-refractivity contribution in [2.75, 3.05) is 36.4 Å². The molecule has 39 heavy (non-hydrogen) atoms. The van der Waals surface area contributed by atoms with Crippen LogP contribution in [-0.4, -0.2) is 63.0 Å². The molecule has 1 N–H and O–H groups in total. The Labute approximate surface area is 231 Å². The number of benzene rings is 2. The minimum Gasteiger partial charge on any atom is -0.354 e. The molecule has 9 heteroatoms. The normalized spacial score (nSPS) is 14.2. The number of nitrogens with one attached hydrogen (secondary N) is 1. The summed E-state index contributed by atoms with van der Waals surface area (Å²) in [6, 6.07) is 21.7. The Kier molecular flexibility index (Phi) is 7.00. The molecule has 1 fully saturated rings. The van der Waals surface area contributed by atoms with Crippen molar-refractivity contribution in [2.45, 2.75) is 19.9 Å². The Bertz CT molecular complexity index is 1580. The molecule has 0 atom stereocenters. The van der Waals surface area contributed by atoms with Gasteiger partial charge in [-0.3, -0.25) is 14.7 Å². The van der Waals surface area contributed by atoms with Crippen molar-refractivity contribution in [3.05, 3.63) is 84.8 Å². The maximum Gasteiger partial charge on any atom is 0.274 e. The molecule has 0 saturated carbocycles. The summed E-state index contributed by atoms with van der Waals surface area (Å²) in [7, 11) is 0. The number of pyridine rings is 1. The molecule has 5 aromatic rings. The van der Waals surface area contributed by atoms with Crippen LogP contribution in [0.15, 0.2) is 79.1 Å². The molecule has 0 unspecified atom stereocenters. The smallest absolute Gasteiger partial charge is 0.274 e. The lowest BCUT2D eigenvalue weighted by molar-refractivity contribution is 0.102. The van der Waals surface area contributed by atoms with Gasteiger partial charge in [0.05, 0.1) is 15.9 Å². The second-order valence-corrected chi connectivity index (χ2v) is 10.8. The number of nitrogens with zero attached hydrogens (tertiary/aromatic N) is 6. The highest BCUT2D eigenvalue weighted by Crippen LogP contribution is 2.34. The fourth-order valence-electron chi connectivity index (χ4n) is 4.76. The summed E-state index contributed by atoms with van der Waals surface area (Å²) in [5.74, 6) is 1.02. The summed E-state index contributed by atoms with van der Waals surface area (Å²) < 4.78 is 0.999. The van der Waals surface area contributed by atoms with Crippen LogP contribution in [0.5, 0.6) is 0 Å². The zero-order valence-electron chi connectivity index (χ0n) is 21.9. The van der Waals surface area contributed by atoms with Crippen molar-refractivity contribution >= 4 is 39.0 Å². The minimum absolute atomic E-state index is 0.285. The number of para-hydroxylation sites is 1. The van der Waals surface area contributed by atoms with E-state index in [9.17, 15) is 4.79 Å². The molecule has 196 valence electrons. The molecule has 1 aliphatic heterocycles. The lowest BCUT2D eigenvalue weighted by Crippen LogP contribution is -2.49. The molecule has 3 aromatic heterocycles. The number of fused-ring (bicyclic) bond motifs is 1. The first-order valence-electron chi connectivity index (χ1n) is 13.1. The number of amides is 1. The molecular formula is C30H29N7OS. The van der Waals surface area contributed by atoms with E-state index in [-0.39, 0.29) is 5.91 Å². The Balaban J connectivity index is 1.33. The van der Waals surface area contributed by atoms with E-state index in [1.165, 1.54) is 0 Å². The summed E-state index contributed by atoms with van der Waals surface area (Å²) in [4.78, 5) is 36.9. The third-order valence-corrected chi connectivity index (χ3v) is 7.98. The number of aromatic nitrogens is 4. The van der Waals surface area contributed by atoms with E-state index in [0.29, 0.717) is 23.2 Å². The van der Waals surface area contributed by atoms with Crippen molar-refractivity contribution in [1.29, 1.82) is 0 Å². The summed E-state index contributed by atoms with van der Waals surface area (Å²) in [5, 5.41) is 3.92. The van der Waals surface area contributed by atoms with Crippen LogP contribution < -0.4 is 10.2 Å². The molecular weight excluding hydrogens is 506 g/mol. The average Bonchev–Trinajstić information content (AvgIpc) is 3.42. The van der Waals surface area contributed by atoms with E-state index in [0.717, 1.165) is 58.3 Å². The summed E-state index contributed by atoms with van der Waals surface area (Å²) in [6.45, 7) is 8.04. The van der Waals surface area contributed by atoms with Crippen LogP contribution in [0.3, 0.4) is 0 Å². The Morgan fingerprint density at radius 2 is 1.69 bits per heavy atom. The standard InChI is InChI=1S/C30H29N7OS/c1-20(2)36-14-16-37(17-15-36)27-18-25(32-28(35-27)21-8-4-3-5-9-21)29(38)33-23-11-7-6-10-22(23)30-34-24-12-13-31-19-26(24)39-30/h3-13,18-20H,14-17H2,1-2H3,(H,33,38). The van der Waals surface area contributed by atoms with E-state index in [1.54, 1.807) is 23.6 Å². The number of piperazine rings is 1. The van der Waals surface area contributed by atoms with Crippen molar-refractivity contribution in [3.8, 4) is 22.0 Å². The molecule has 2 aromatic carbocycles. The van der Waals surface area contributed by atoms with Crippen molar-refractivity contribution in [3.63, 3.8) is 0 Å². The van der Waals surface area contributed by atoms with Gasteiger partial charge in [-0.1, -0.05) is 42.5 Å². The fraction of sp³-hybridized carbons (Fsp3) is 0.233. The maximum atomic E-state index is 13.7. The molecule has 6 rings (SSSR count). The van der Waals surface area contributed by atoms with Gasteiger partial charge in [-0.25, -0.2) is 15.0 Å². The topological polar surface area (TPSA) is 87.1 Å². The van der Waals surface area contributed by atoms with E-state index < -0.39 is 0 Å². The molecule has 4 heterocycles. The van der Waals surface area contributed by atoms with Gasteiger partial charge >= 0.3 is 0 Å². The van der Waals surface area contributed by atoms with Crippen molar-refractivity contribution in [1.82, 2.24) is 24.8 Å². The Morgan fingerprint density at radius 3 is 2.46 bits per heavy atom. The molecule has 0 radical (unpaired) electrons. The number of hydrogen-bond acceptors (Lipinski definition) is 8. The van der Waals surface area contributed by atoms with E-state index in [2.05, 4.69) is 33.9 Å².